The average Bonchev–Trinajstić information content (AvgIpc) is 3.17. The smallest absolute Gasteiger partial charge is 0.241 e. The standard InChI is InChI=1S/C22H26F2N2O2S2/c1-4-26(5-2)30(27,28)19-11-9-17(10-12-19)20-15-29-21(25-20)14-16-7-6-8-18(13-16)22(3,23)24/h6,8-13,15-16H,4-5,7,14H2,1-3H3. The van der Waals surface area contributed by atoms with Crippen molar-refractivity contribution >= 4 is 21.4 Å². The number of nitrogens with zero attached hydrogens (tertiary/aromatic N) is 2. The lowest BCUT2D eigenvalue weighted by atomic mass is 9.91. The molecule has 4 nitrogen and oxygen atoms in total. The van der Waals surface area contributed by atoms with E-state index < -0.39 is 15.9 Å². The minimum Gasteiger partial charge on any atom is -0.241 e. The molecule has 1 heterocycles. The average molecular weight is 453 g/mol. The van der Waals surface area contributed by atoms with Gasteiger partial charge in [0.2, 0.25) is 10.0 Å². The molecule has 1 aromatic heterocycles. The fourth-order valence-electron chi connectivity index (χ4n) is 3.45. The Bertz CT molecular complexity index is 1030. The number of aromatic nitrogens is 1. The SMILES string of the molecule is CCN(CC)S(=O)(=O)c1ccc(-c2csc(CC3C=C(C(C)(F)F)C=CC3)n2)cc1. The minimum absolute atomic E-state index is 0.00332. The molecule has 0 amide bonds. The molecule has 1 aliphatic carbocycles. The monoisotopic (exact) mass is 452 g/mol. The number of allylic oxidation sites excluding steroid dienone is 4. The fraction of sp³-hybridized carbons (Fsp3) is 0.409. The summed E-state index contributed by atoms with van der Waals surface area (Å²) in [7, 11) is -3.49. The van der Waals surface area contributed by atoms with Crippen LogP contribution in [0.2, 0.25) is 0 Å². The van der Waals surface area contributed by atoms with Crippen LogP contribution in [0.5, 0.6) is 0 Å². The highest BCUT2D eigenvalue weighted by Crippen LogP contribution is 2.32. The van der Waals surface area contributed by atoms with Crippen molar-refractivity contribution in [1.82, 2.24) is 9.29 Å². The van der Waals surface area contributed by atoms with Gasteiger partial charge in [0.05, 0.1) is 15.6 Å². The first kappa shape index (κ1) is 22.8. The topological polar surface area (TPSA) is 50.3 Å². The Kier molecular flexibility index (Phi) is 6.89. The van der Waals surface area contributed by atoms with Crippen molar-refractivity contribution in [1.29, 1.82) is 0 Å². The molecule has 0 spiro atoms. The maximum absolute atomic E-state index is 13.6. The quantitative estimate of drug-likeness (QED) is 0.528. The molecule has 30 heavy (non-hydrogen) atoms. The maximum atomic E-state index is 13.6. The van der Waals surface area contributed by atoms with Crippen LogP contribution in [0, 0.1) is 5.92 Å². The Balaban J connectivity index is 1.74. The third-order valence-electron chi connectivity index (χ3n) is 5.14. The number of hydrogen-bond acceptors (Lipinski definition) is 4. The van der Waals surface area contributed by atoms with Crippen LogP contribution in [-0.4, -0.2) is 36.7 Å². The van der Waals surface area contributed by atoms with Gasteiger partial charge in [0.25, 0.3) is 5.92 Å². The van der Waals surface area contributed by atoms with Crippen molar-refractivity contribution in [3.8, 4) is 11.3 Å². The van der Waals surface area contributed by atoms with E-state index in [4.69, 9.17) is 0 Å². The van der Waals surface area contributed by atoms with Crippen LogP contribution < -0.4 is 0 Å². The summed E-state index contributed by atoms with van der Waals surface area (Å²) in [6.07, 6.45) is 6.25. The minimum atomic E-state index is -3.49. The van der Waals surface area contributed by atoms with Gasteiger partial charge < -0.3 is 0 Å². The van der Waals surface area contributed by atoms with Crippen molar-refractivity contribution in [2.24, 2.45) is 5.92 Å². The number of rotatable bonds is 8. The lowest BCUT2D eigenvalue weighted by Crippen LogP contribution is -2.30. The highest BCUT2D eigenvalue weighted by atomic mass is 32.2. The lowest BCUT2D eigenvalue weighted by Gasteiger charge is -2.19. The lowest BCUT2D eigenvalue weighted by molar-refractivity contribution is 0.0662. The predicted octanol–water partition coefficient (Wildman–Crippen LogP) is 5.54. The summed E-state index contributed by atoms with van der Waals surface area (Å²) < 4.78 is 53.8. The molecule has 0 saturated carbocycles. The Morgan fingerprint density at radius 1 is 1.20 bits per heavy atom. The van der Waals surface area contributed by atoms with Gasteiger partial charge in [0.1, 0.15) is 0 Å². The van der Waals surface area contributed by atoms with Crippen LogP contribution in [0.15, 0.2) is 58.3 Å². The van der Waals surface area contributed by atoms with Gasteiger partial charge in [-0.1, -0.05) is 44.2 Å². The summed E-state index contributed by atoms with van der Waals surface area (Å²) in [6.45, 7) is 5.39. The van der Waals surface area contributed by atoms with Crippen LogP contribution in [0.25, 0.3) is 11.3 Å². The highest BCUT2D eigenvalue weighted by Gasteiger charge is 2.28. The molecule has 1 aliphatic rings. The van der Waals surface area contributed by atoms with Crippen LogP contribution in [0.4, 0.5) is 8.78 Å². The van der Waals surface area contributed by atoms with E-state index in [1.165, 1.54) is 21.7 Å². The molecule has 1 aromatic carbocycles. The van der Waals surface area contributed by atoms with E-state index in [1.54, 1.807) is 36.4 Å². The molecule has 0 aliphatic heterocycles. The number of alkyl halides is 2. The van der Waals surface area contributed by atoms with Gasteiger partial charge in [-0.05, 0) is 24.5 Å². The summed E-state index contributed by atoms with van der Waals surface area (Å²) in [5.41, 5.74) is 1.65. The molecule has 0 fully saturated rings. The molecule has 162 valence electrons. The molecule has 0 bridgehead atoms. The third kappa shape index (κ3) is 5.04. The zero-order valence-corrected chi connectivity index (χ0v) is 18.9. The van der Waals surface area contributed by atoms with E-state index in [1.807, 2.05) is 19.2 Å². The predicted molar refractivity (Wildman–Crippen MR) is 117 cm³/mol. The summed E-state index contributed by atoms with van der Waals surface area (Å²) in [5, 5.41) is 2.79. The van der Waals surface area contributed by atoms with E-state index in [0.717, 1.165) is 23.2 Å². The van der Waals surface area contributed by atoms with Gasteiger partial charge >= 0.3 is 0 Å². The second kappa shape index (κ2) is 9.08. The van der Waals surface area contributed by atoms with Gasteiger partial charge in [-0.3, -0.25) is 0 Å². The van der Waals surface area contributed by atoms with E-state index in [-0.39, 0.29) is 16.4 Å². The fourth-order valence-corrected chi connectivity index (χ4v) is 5.81. The van der Waals surface area contributed by atoms with Crippen molar-refractivity contribution in [2.45, 2.75) is 44.4 Å². The van der Waals surface area contributed by atoms with Crippen LogP contribution in [0.3, 0.4) is 0 Å². The second-order valence-corrected chi connectivity index (χ2v) is 10.2. The molecule has 8 heteroatoms. The third-order valence-corrected chi connectivity index (χ3v) is 8.08. The Morgan fingerprint density at radius 3 is 2.47 bits per heavy atom. The summed E-state index contributed by atoms with van der Waals surface area (Å²) >= 11 is 1.49. The van der Waals surface area contributed by atoms with Crippen LogP contribution in [-0.2, 0) is 16.4 Å². The van der Waals surface area contributed by atoms with E-state index in [2.05, 4.69) is 4.98 Å². The van der Waals surface area contributed by atoms with Crippen molar-refractivity contribution in [3.05, 3.63) is 58.5 Å². The van der Waals surface area contributed by atoms with E-state index in [9.17, 15) is 17.2 Å². The van der Waals surface area contributed by atoms with Gasteiger partial charge in [-0.2, -0.15) is 4.31 Å². The molecule has 0 saturated heterocycles. The van der Waals surface area contributed by atoms with Gasteiger partial charge in [0.15, 0.2) is 0 Å². The number of hydrogen-bond donors (Lipinski definition) is 0. The van der Waals surface area contributed by atoms with Crippen LogP contribution in [0.1, 0.15) is 32.2 Å². The largest absolute Gasteiger partial charge is 0.270 e. The van der Waals surface area contributed by atoms with Gasteiger partial charge in [-0.25, -0.2) is 22.2 Å². The zero-order valence-electron chi connectivity index (χ0n) is 17.3. The first-order valence-corrected chi connectivity index (χ1v) is 12.3. The highest BCUT2D eigenvalue weighted by molar-refractivity contribution is 7.89. The van der Waals surface area contributed by atoms with E-state index in [0.29, 0.717) is 25.9 Å². The van der Waals surface area contributed by atoms with Gasteiger partial charge in [-0.15, -0.1) is 11.3 Å². The Morgan fingerprint density at radius 2 is 1.87 bits per heavy atom. The molecular weight excluding hydrogens is 426 g/mol. The molecular formula is C22H26F2N2O2S2. The van der Waals surface area contributed by atoms with Crippen LogP contribution >= 0.6 is 11.3 Å². The Hall–Kier alpha value is -1.90. The molecule has 2 aromatic rings. The Labute approximate surface area is 181 Å². The van der Waals surface area contributed by atoms with E-state index >= 15 is 0 Å². The molecule has 0 N–H and O–H groups in total. The van der Waals surface area contributed by atoms with Crippen molar-refractivity contribution in [2.75, 3.05) is 13.1 Å². The molecule has 0 radical (unpaired) electrons. The summed E-state index contributed by atoms with van der Waals surface area (Å²) in [5.74, 6) is -2.84. The number of halogens is 2. The van der Waals surface area contributed by atoms with Gasteiger partial charge in [0, 0.05) is 43.0 Å². The van der Waals surface area contributed by atoms with Crippen molar-refractivity contribution in [3.63, 3.8) is 0 Å². The maximum Gasteiger partial charge on any atom is 0.270 e. The summed E-state index contributed by atoms with van der Waals surface area (Å²) in [4.78, 5) is 4.90. The second-order valence-electron chi connectivity index (χ2n) is 7.35. The molecule has 1 unspecified atom stereocenters. The first-order chi connectivity index (χ1) is 14.1. The number of benzene rings is 1. The molecule has 1 atom stereocenters. The number of sulfonamides is 1. The summed E-state index contributed by atoms with van der Waals surface area (Å²) in [6, 6.07) is 6.72. The number of thiazole rings is 1. The normalized spacial score (nSPS) is 17.4. The first-order valence-electron chi connectivity index (χ1n) is 9.96. The zero-order chi connectivity index (χ0) is 21.9. The van der Waals surface area contributed by atoms with Crippen molar-refractivity contribution < 1.29 is 17.2 Å². The molecule has 3 rings (SSSR count).